The number of thiophene rings is 2. The van der Waals surface area contributed by atoms with Crippen molar-refractivity contribution in [3.63, 3.8) is 0 Å². The van der Waals surface area contributed by atoms with Crippen LogP contribution in [0.3, 0.4) is 0 Å². The van der Waals surface area contributed by atoms with E-state index in [4.69, 9.17) is 24.4 Å². The van der Waals surface area contributed by atoms with Gasteiger partial charge in [-0.05, 0) is 12.1 Å². The summed E-state index contributed by atoms with van der Waals surface area (Å²) in [6.07, 6.45) is -0.299. The van der Waals surface area contributed by atoms with Gasteiger partial charge in [-0.15, -0.1) is 22.7 Å². The van der Waals surface area contributed by atoms with Crippen LogP contribution in [0.15, 0.2) is 24.3 Å². The van der Waals surface area contributed by atoms with E-state index in [0.29, 0.717) is 49.1 Å². The third kappa shape index (κ3) is 6.67. The maximum absolute atomic E-state index is 12.3. The molecule has 4 heterocycles. The van der Waals surface area contributed by atoms with Crippen molar-refractivity contribution >= 4 is 66.6 Å². The summed E-state index contributed by atoms with van der Waals surface area (Å²) >= 11 is 2.45. The van der Waals surface area contributed by atoms with E-state index in [2.05, 4.69) is 9.97 Å². The number of aliphatic carboxylic acids is 2. The molecule has 0 bridgehead atoms. The molecule has 0 atom stereocenters. The maximum Gasteiger partial charge on any atom is 0.303 e. The van der Waals surface area contributed by atoms with Gasteiger partial charge in [0.05, 0.1) is 69.5 Å². The number of aromatic nitrogens is 2. The van der Waals surface area contributed by atoms with Crippen molar-refractivity contribution in [2.45, 2.75) is 32.1 Å². The zero-order chi connectivity index (χ0) is 28.1. The topological polar surface area (TPSA) is 162 Å². The normalized spacial score (nSPS) is 11.0. The van der Waals surface area contributed by atoms with Crippen LogP contribution in [0.2, 0.25) is 0 Å². The Morgan fingerprint density at radius 3 is 1.77 bits per heavy atom. The van der Waals surface area contributed by atoms with E-state index in [0.717, 1.165) is 4.70 Å². The van der Waals surface area contributed by atoms with Gasteiger partial charge < -0.3 is 24.4 Å². The van der Waals surface area contributed by atoms with E-state index in [1.165, 1.54) is 36.9 Å². The molecule has 11 nitrogen and oxygen atoms in total. The number of ether oxygens (including phenoxy) is 3. The first-order valence-corrected chi connectivity index (χ1v) is 13.4. The maximum atomic E-state index is 12.3. The molecule has 0 unspecified atom stereocenters. The zero-order valence-corrected chi connectivity index (χ0v) is 22.6. The molecule has 4 rings (SSSR count). The van der Waals surface area contributed by atoms with E-state index in [1.807, 2.05) is 0 Å². The molecule has 0 aliphatic carbocycles. The molecule has 0 aliphatic rings. The minimum absolute atomic E-state index is 0.0821. The first-order chi connectivity index (χ1) is 18.7. The lowest BCUT2D eigenvalue weighted by atomic mass is 10.2. The van der Waals surface area contributed by atoms with Crippen LogP contribution in [0.5, 0.6) is 17.4 Å². The highest BCUT2D eigenvalue weighted by Gasteiger charge is 2.18. The second kappa shape index (κ2) is 12.2. The summed E-state index contributed by atoms with van der Waals surface area (Å²) in [5.74, 6) is -1.45. The van der Waals surface area contributed by atoms with Gasteiger partial charge in [-0.3, -0.25) is 19.2 Å². The Bertz CT molecular complexity index is 1460. The lowest BCUT2D eigenvalue weighted by molar-refractivity contribution is -0.137. The lowest BCUT2D eigenvalue weighted by Crippen LogP contribution is -2.06. The average molecular weight is 573 g/mol. The minimum atomic E-state index is -1.03. The number of carbonyl (C=O) groups is 4. The number of carboxylic acid groups (broad SMARTS) is 2. The molecule has 4 aromatic heterocycles. The van der Waals surface area contributed by atoms with Gasteiger partial charge in [-0.25, -0.2) is 9.97 Å². The second-order valence-corrected chi connectivity index (χ2v) is 10.5. The Kier molecular flexibility index (Phi) is 8.72. The molecule has 13 heteroatoms. The molecule has 0 aliphatic heterocycles. The number of pyridine rings is 2. The number of methoxy groups -OCH3 is 2. The first-order valence-electron chi connectivity index (χ1n) is 11.8. The summed E-state index contributed by atoms with van der Waals surface area (Å²) in [5, 5.41) is 17.7. The molecule has 0 fully saturated rings. The fourth-order valence-electron chi connectivity index (χ4n) is 3.73. The van der Waals surface area contributed by atoms with E-state index in [9.17, 15) is 19.2 Å². The Hall–Kier alpha value is -4.10. The minimum Gasteiger partial charge on any atom is -0.495 e. The van der Waals surface area contributed by atoms with Crippen LogP contribution < -0.4 is 14.2 Å². The van der Waals surface area contributed by atoms with Crippen molar-refractivity contribution in [2.24, 2.45) is 0 Å². The number of rotatable bonds is 14. The molecule has 204 valence electrons. The monoisotopic (exact) mass is 572 g/mol. The average Bonchev–Trinajstić information content (AvgIpc) is 3.52. The second-order valence-electron chi connectivity index (χ2n) is 8.35. The summed E-state index contributed by atoms with van der Waals surface area (Å²) in [4.78, 5) is 56.2. The largest absolute Gasteiger partial charge is 0.495 e. The van der Waals surface area contributed by atoms with Gasteiger partial charge in [-0.2, -0.15) is 0 Å². The summed E-state index contributed by atoms with van der Waals surface area (Å²) in [6, 6.07) is 6.77. The number of ketones is 2. The Balaban J connectivity index is 1.49. The Morgan fingerprint density at radius 2 is 1.26 bits per heavy atom. The molecule has 4 aromatic rings. The van der Waals surface area contributed by atoms with Crippen LogP contribution in [0.4, 0.5) is 0 Å². The van der Waals surface area contributed by atoms with Crippen molar-refractivity contribution in [3.8, 4) is 17.4 Å². The van der Waals surface area contributed by atoms with Crippen LogP contribution >= 0.6 is 22.7 Å². The zero-order valence-electron chi connectivity index (χ0n) is 21.0. The molecular weight excluding hydrogens is 548 g/mol. The molecule has 39 heavy (non-hydrogen) atoms. The van der Waals surface area contributed by atoms with Gasteiger partial charge in [0.2, 0.25) is 0 Å². The summed E-state index contributed by atoms with van der Waals surface area (Å²) in [5.41, 5.74) is 1.74. The number of carboxylic acids is 2. The molecule has 0 aromatic carbocycles. The van der Waals surface area contributed by atoms with Gasteiger partial charge >= 0.3 is 11.9 Å². The standard InChI is InChI=1S/C26H24N2O9S2/c1-35-18-11-20-14(9-22(38-20)16(29)3-5-24(31)32)27-13(18)7-8-37-26-19(36-2)12-21-15(28-26)10-23(39-21)17(30)4-6-25(33)34/h9-12H,3-8H2,1-2H3,(H,31,32)(H,33,34). The summed E-state index contributed by atoms with van der Waals surface area (Å²) in [7, 11) is 3.00. The molecule has 2 N–H and O–H groups in total. The Labute approximate surface area is 230 Å². The fraction of sp³-hybridized carbons (Fsp3) is 0.308. The summed E-state index contributed by atoms with van der Waals surface area (Å²) in [6.45, 7) is 0.173. The molecule has 0 saturated carbocycles. The van der Waals surface area contributed by atoms with E-state index >= 15 is 0 Å². The molecule has 0 saturated heterocycles. The van der Waals surface area contributed by atoms with Crippen molar-refractivity contribution in [2.75, 3.05) is 20.8 Å². The number of carbonyl (C=O) groups excluding carboxylic acids is 2. The van der Waals surface area contributed by atoms with Crippen LogP contribution in [0, 0.1) is 0 Å². The third-order valence-electron chi connectivity index (χ3n) is 5.68. The quantitative estimate of drug-likeness (QED) is 0.202. The molecule has 0 spiro atoms. The highest BCUT2D eigenvalue weighted by Crippen LogP contribution is 2.35. The van der Waals surface area contributed by atoms with Crippen LogP contribution in [0.25, 0.3) is 20.4 Å². The smallest absolute Gasteiger partial charge is 0.303 e. The van der Waals surface area contributed by atoms with E-state index in [-0.39, 0.29) is 49.7 Å². The van der Waals surface area contributed by atoms with Crippen molar-refractivity contribution in [1.82, 2.24) is 9.97 Å². The first kappa shape index (κ1) is 27.9. The highest BCUT2D eigenvalue weighted by molar-refractivity contribution is 7.21. The SMILES string of the molecule is COc1cc2sc(C(=O)CCC(=O)O)cc2nc1CCOc1nc2cc(C(=O)CCC(=O)O)sc2cc1OC. The van der Waals surface area contributed by atoms with Crippen molar-refractivity contribution < 1.29 is 43.6 Å². The fourth-order valence-corrected chi connectivity index (χ4v) is 5.73. The van der Waals surface area contributed by atoms with Gasteiger partial charge in [-0.1, -0.05) is 0 Å². The molecular formula is C26H24N2O9S2. The van der Waals surface area contributed by atoms with E-state index < -0.39 is 11.9 Å². The van der Waals surface area contributed by atoms with E-state index in [1.54, 1.807) is 24.3 Å². The van der Waals surface area contributed by atoms with Gasteiger partial charge in [0.25, 0.3) is 5.88 Å². The van der Waals surface area contributed by atoms with Gasteiger partial charge in [0.15, 0.2) is 17.3 Å². The number of Topliss-reactive ketones (excluding diaryl/α,β-unsaturated/α-hetero) is 2. The predicted octanol–water partition coefficient (Wildman–Crippen LogP) is 4.64. The lowest BCUT2D eigenvalue weighted by Gasteiger charge is -2.11. The molecule has 0 amide bonds. The van der Waals surface area contributed by atoms with Crippen molar-refractivity contribution in [1.29, 1.82) is 0 Å². The van der Waals surface area contributed by atoms with Crippen LogP contribution in [0.1, 0.15) is 50.7 Å². The predicted molar refractivity (Wildman–Crippen MR) is 144 cm³/mol. The number of nitrogens with zero attached hydrogens (tertiary/aromatic N) is 2. The Morgan fingerprint density at radius 1 is 0.744 bits per heavy atom. The highest BCUT2D eigenvalue weighted by atomic mass is 32.1. The molecule has 0 radical (unpaired) electrons. The number of hydrogen-bond acceptors (Lipinski definition) is 11. The van der Waals surface area contributed by atoms with Gasteiger partial charge in [0.1, 0.15) is 5.75 Å². The summed E-state index contributed by atoms with van der Waals surface area (Å²) < 4.78 is 18.3. The third-order valence-corrected chi connectivity index (χ3v) is 7.90. The number of fused-ring (bicyclic) bond motifs is 2. The number of hydrogen-bond donors (Lipinski definition) is 2. The van der Waals surface area contributed by atoms with Gasteiger partial charge in [0, 0.05) is 31.4 Å². The van der Waals surface area contributed by atoms with Crippen molar-refractivity contribution in [3.05, 3.63) is 39.7 Å². The van der Waals surface area contributed by atoms with Crippen LogP contribution in [-0.4, -0.2) is 64.5 Å². The van der Waals surface area contributed by atoms with Crippen LogP contribution in [-0.2, 0) is 16.0 Å².